The molecule has 1 N–H and O–H groups in total. The van der Waals surface area contributed by atoms with Gasteiger partial charge in [-0.3, -0.25) is 14.6 Å². The second kappa shape index (κ2) is 7.87. The van der Waals surface area contributed by atoms with Crippen LogP contribution in [0.5, 0.6) is 0 Å². The van der Waals surface area contributed by atoms with Crippen LogP contribution in [0.4, 0.5) is 5.69 Å². The molecule has 1 saturated carbocycles. The maximum atomic E-state index is 12.5. The first-order chi connectivity index (χ1) is 12.5. The summed E-state index contributed by atoms with van der Waals surface area (Å²) in [5, 5.41) is 3.47. The average molecular weight is 372 g/mol. The van der Waals surface area contributed by atoms with Crippen molar-refractivity contribution in [3.8, 4) is 0 Å². The molecule has 1 fully saturated rings. The number of carbonyl (C=O) groups is 2. The zero-order valence-corrected chi connectivity index (χ0v) is 15.7. The van der Waals surface area contributed by atoms with Gasteiger partial charge < -0.3 is 10.2 Å². The zero-order chi connectivity index (χ0) is 18.7. The van der Waals surface area contributed by atoms with E-state index in [1.54, 1.807) is 36.5 Å². The van der Waals surface area contributed by atoms with E-state index in [9.17, 15) is 9.59 Å². The Balaban J connectivity index is 1.51. The summed E-state index contributed by atoms with van der Waals surface area (Å²) in [4.78, 5) is 30.6. The molecule has 26 heavy (non-hydrogen) atoms. The predicted molar refractivity (Wildman–Crippen MR) is 102 cm³/mol. The number of amides is 2. The first-order valence-electron chi connectivity index (χ1n) is 8.66. The molecular formula is C20H22ClN3O2. The number of hydrogen-bond acceptors (Lipinski definition) is 3. The molecule has 2 aromatic rings. The highest BCUT2D eigenvalue weighted by molar-refractivity contribution is 6.31. The number of nitrogens with zero attached hydrogens (tertiary/aromatic N) is 2. The lowest BCUT2D eigenvalue weighted by atomic mass is 10.2. The van der Waals surface area contributed by atoms with Gasteiger partial charge in [-0.25, -0.2) is 0 Å². The Morgan fingerprint density at radius 2 is 1.96 bits per heavy atom. The Morgan fingerprint density at radius 3 is 2.69 bits per heavy atom. The molecule has 1 aromatic carbocycles. The highest BCUT2D eigenvalue weighted by Crippen LogP contribution is 2.41. The molecule has 1 heterocycles. The first kappa shape index (κ1) is 18.4. The number of halogens is 1. The minimum Gasteiger partial charge on any atom is -0.345 e. The molecule has 2 amide bonds. The first-order valence-corrected chi connectivity index (χ1v) is 9.04. The van der Waals surface area contributed by atoms with Gasteiger partial charge in [0, 0.05) is 36.7 Å². The van der Waals surface area contributed by atoms with Gasteiger partial charge in [0.05, 0.1) is 11.8 Å². The summed E-state index contributed by atoms with van der Waals surface area (Å²) < 4.78 is 0. The predicted octanol–water partition coefficient (Wildman–Crippen LogP) is 3.32. The van der Waals surface area contributed by atoms with Crippen molar-refractivity contribution in [2.75, 3.05) is 18.9 Å². The van der Waals surface area contributed by atoms with E-state index in [2.05, 4.69) is 10.3 Å². The molecule has 6 heteroatoms. The second-order valence-corrected chi connectivity index (χ2v) is 7.20. The number of aryl methyl sites for hydroxylation is 1. The third-order valence-electron chi connectivity index (χ3n) is 4.76. The number of carbonyl (C=O) groups excluding carboxylic acids is 2. The Kier molecular flexibility index (Phi) is 5.57. The third-order valence-corrected chi connectivity index (χ3v) is 5.00. The number of nitrogens with one attached hydrogen (secondary N) is 1. The van der Waals surface area contributed by atoms with Gasteiger partial charge in [-0.1, -0.05) is 17.7 Å². The van der Waals surface area contributed by atoms with Crippen LogP contribution in [-0.2, 0) is 16.0 Å². The van der Waals surface area contributed by atoms with Crippen molar-refractivity contribution < 1.29 is 9.59 Å². The second-order valence-electron chi connectivity index (χ2n) is 6.76. The molecule has 1 aliphatic carbocycles. The Morgan fingerprint density at radius 1 is 1.23 bits per heavy atom. The van der Waals surface area contributed by atoms with E-state index in [4.69, 9.17) is 11.6 Å². The van der Waals surface area contributed by atoms with Crippen molar-refractivity contribution in [1.82, 2.24) is 9.88 Å². The number of likely N-dealkylation sites (N-methyl/N-ethyl adjacent to an activating group) is 1. The van der Waals surface area contributed by atoms with Gasteiger partial charge in [0.15, 0.2) is 0 Å². The molecule has 2 unspecified atom stereocenters. The fraction of sp³-hybridized carbons (Fsp3) is 0.350. The fourth-order valence-electron chi connectivity index (χ4n) is 2.95. The van der Waals surface area contributed by atoms with E-state index >= 15 is 0 Å². The van der Waals surface area contributed by atoms with Gasteiger partial charge in [0.25, 0.3) is 0 Å². The lowest BCUT2D eigenvalue weighted by molar-refractivity contribution is -0.132. The molecule has 0 radical (unpaired) electrons. The largest absolute Gasteiger partial charge is 0.345 e. The summed E-state index contributed by atoms with van der Waals surface area (Å²) >= 11 is 5.99. The maximum Gasteiger partial charge on any atom is 0.228 e. The molecule has 0 aliphatic heterocycles. The lowest BCUT2D eigenvalue weighted by Crippen LogP contribution is -2.31. The van der Waals surface area contributed by atoms with Crippen molar-refractivity contribution in [1.29, 1.82) is 0 Å². The molecule has 0 bridgehead atoms. The van der Waals surface area contributed by atoms with Gasteiger partial charge in [-0.15, -0.1) is 0 Å². The normalized spacial score (nSPS) is 18.3. The summed E-state index contributed by atoms with van der Waals surface area (Å²) in [7, 11) is 1.79. The summed E-state index contributed by atoms with van der Waals surface area (Å²) in [5.74, 6) is -0.570. The monoisotopic (exact) mass is 371 g/mol. The standard InChI is InChI=1S/C20H22ClN3O2/c1-13-3-4-15(21)11-18(13)23-19(25)16-12-17(16)20(26)24(2)10-7-14-5-8-22-9-6-14/h3-6,8-9,11,16-17H,7,10,12H2,1-2H3,(H,23,25). The van der Waals surface area contributed by atoms with Crippen LogP contribution >= 0.6 is 11.6 Å². The smallest absolute Gasteiger partial charge is 0.228 e. The molecule has 0 saturated heterocycles. The van der Waals surface area contributed by atoms with Crippen molar-refractivity contribution >= 4 is 29.1 Å². The van der Waals surface area contributed by atoms with E-state index in [0.717, 1.165) is 17.5 Å². The van der Waals surface area contributed by atoms with Crippen LogP contribution in [0, 0.1) is 18.8 Å². The molecule has 1 aromatic heterocycles. The number of benzene rings is 1. The molecule has 1 aliphatic rings. The van der Waals surface area contributed by atoms with Crippen LogP contribution in [0.1, 0.15) is 17.5 Å². The highest BCUT2D eigenvalue weighted by Gasteiger charge is 2.49. The summed E-state index contributed by atoms with van der Waals surface area (Å²) in [5.41, 5.74) is 2.79. The molecule has 0 spiro atoms. The highest BCUT2D eigenvalue weighted by atomic mass is 35.5. The van der Waals surface area contributed by atoms with Crippen LogP contribution in [0.25, 0.3) is 0 Å². The van der Waals surface area contributed by atoms with E-state index in [1.807, 2.05) is 25.1 Å². The lowest BCUT2D eigenvalue weighted by Gasteiger charge is -2.17. The Bertz CT molecular complexity index is 810. The SMILES string of the molecule is Cc1ccc(Cl)cc1NC(=O)C1CC1C(=O)N(C)CCc1ccncc1. The molecule has 5 nitrogen and oxygen atoms in total. The number of hydrogen-bond donors (Lipinski definition) is 1. The van der Waals surface area contributed by atoms with Gasteiger partial charge in [-0.2, -0.15) is 0 Å². The fourth-order valence-corrected chi connectivity index (χ4v) is 3.12. The van der Waals surface area contributed by atoms with Gasteiger partial charge in [0.2, 0.25) is 11.8 Å². The maximum absolute atomic E-state index is 12.5. The summed E-state index contributed by atoms with van der Waals surface area (Å²) in [6.07, 6.45) is 4.87. The van der Waals surface area contributed by atoms with Crippen molar-refractivity contribution in [3.05, 3.63) is 58.9 Å². The van der Waals surface area contributed by atoms with E-state index in [0.29, 0.717) is 23.7 Å². The van der Waals surface area contributed by atoms with Crippen LogP contribution in [0.3, 0.4) is 0 Å². The Labute approximate surface area is 158 Å². The van der Waals surface area contributed by atoms with Gasteiger partial charge in [0.1, 0.15) is 0 Å². The van der Waals surface area contributed by atoms with Gasteiger partial charge in [-0.05, 0) is 55.2 Å². The Hall–Kier alpha value is -2.40. The van der Waals surface area contributed by atoms with Crippen molar-refractivity contribution in [2.45, 2.75) is 19.8 Å². The van der Waals surface area contributed by atoms with Crippen LogP contribution in [0.15, 0.2) is 42.7 Å². The molecule has 2 atom stereocenters. The quantitative estimate of drug-likeness (QED) is 0.847. The minimum atomic E-state index is -0.260. The topological polar surface area (TPSA) is 62.3 Å². The number of aromatic nitrogens is 1. The van der Waals surface area contributed by atoms with Crippen molar-refractivity contribution in [3.63, 3.8) is 0 Å². The minimum absolute atomic E-state index is 0.0297. The molecule has 3 rings (SSSR count). The number of rotatable bonds is 6. The van der Waals surface area contributed by atoms with Gasteiger partial charge >= 0.3 is 0 Å². The summed E-state index contributed by atoms with van der Waals surface area (Å²) in [6, 6.07) is 9.26. The van der Waals surface area contributed by atoms with Crippen LogP contribution < -0.4 is 5.32 Å². The number of anilines is 1. The van der Waals surface area contributed by atoms with Crippen LogP contribution in [0.2, 0.25) is 5.02 Å². The van der Waals surface area contributed by atoms with Crippen LogP contribution in [-0.4, -0.2) is 35.3 Å². The molecule has 136 valence electrons. The third kappa shape index (κ3) is 4.41. The van der Waals surface area contributed by atoms with E-state index < -0.39 is 0 Å². The molecular weight excluding hydrogens is 350 g/mol. The average Bonchev–Trinajstić information content (AvgIpc) is 3.44. The summed E-state index contributed by atoms with van der Waals surface area (Å²) in [6.45, 7) is 2.54. The number of pyridine rings is 1. The van der Waals surface area contributed by atoms with Crippen molar-refractivity contribution in [2.24, 2.45) is 11.8 Å². The van der Waals surface area contributed by atoms with E-state index in [1.165, 1.54) is 0 Å². The van der Waals surface area contributed by atoms with E-state index in [-0.39, 0.29) is 23.7 Å². The zero-order valence-electron chi connectivity index (χ0n) is 14.9.